The fourth-order valence-corrected chi connectivity index (χ4v) is 4.22. The second-order valence-electron chi connectivity index (χ2n) is 6.39. The lowest BCUT2D eigenvalue weighted by Gasteiger charge is -2.10. The molecule has 1 N–H and O–H groups in total. The number of nitrogens with one attached hydrogen (secondary N) is 1. The Labute approximate surface area is 188 Å². The normalized spacial score (nSPS) is 12.3. The summed E-state index contributed by atoms with van der Waals surface area (Å²) in [6, 6.07) is 16.0. The van der Waals surface area contributed by atoms with E-state index in [1.54, 1.807) is 61.5 Å². The summed E-state index contributed by atoms with van der Waals surface area (Å²) in [7, 11) is 0. The quantitative estimate of drug-likeness (QED) is 0.621. The van der Waals surface area contributed by atoms with Crippen molar-refractivity contribution < 1.29 is 9.53 Å². The van der Waals surface area contributed by atoms with E-state index in [9.17, 15) is 14.9 Å². The number of nitriles is 1. The number of anilines is 1. The molecule has 0 bridgehead atoms. The summed E-state index contributed by atoms with van der Waals surface area (Å²) in [6.45, 7) is 4.40. The number of carbonyl (C=O) groups excluding carboxylic acids is 1. The van der Waals surface area contributed by atoms with Crippen LogP contribution in [0.4, 0.5) is 5.69 Å². The highest BCUT2D eigenvalue weighted by Gasteiger charge is 2.17. The van der Waals surface area contributed by atoms with Crippen LogP contribution in [0.15, 0.2) is 53.3 Å². The van der Waals surface area contributed by atoms with Gasteiger partial charge in [-0.1, -0.05) is 35.9 Å². The topological polar surface area (TPSA) is 84.1 Å². The van der Waals surface area contributed by atoms with Gasteiger partial charge < -0.3 is 10.1 Å². The van der Waals surface area contributed by atoms with Crippen LogP contribution in [0.5, 0.6) is 5.75 Å². The van der Waals surface area contributed by atoms with E-state index in [1.807, 2.05) is 13.0 Å². The molecule has 0 spiro atoms. The highest BCUT2D eigenvalue weighted by atomic mass is 35.5. The third kappa shape index (κ3) is 5.05. The number of nitrogens with zero attached hydrogens (tertiary/aromatic N) is 2. The molecule has 0 aliphatic heterocycles. The Morgan fingerprint density at radius 1 is 1.23 bits per heavy atom. The smallest absolute Gasteiger partial charge is 0.269 e. The maximum absolute atomic E-state index is 12.9. The Kier molecular flexibility index (Phi) is 7.29. The molecule has 2 aromatic carbocycles. The summed E-state index contributed by atoms with van der Waals surface area (Å²) >= 11 is 7.03. The van der Waals surface area contributed by atoms with Gasteiger partial charge in [-0.3, -0.25) is 14.2 Å². The van der Waals surface area contributed by atoms with Crippen LogP contribution in [-0.2, 0) is 11.3 Å². The number of hydrogen-bond donors (Lipinski definition) is 1. The van der Waals surface area contributed by atoms with E-state index < -0.39 is 5.91 Å². The van der Waals surface area contributed by atoms with E-state index in [1.165, 1.54) is 4.57 Å². The van der Waals surface area contributed by atoms with Gasteiger partial charge in [0.15, 0.2) is 5.57 Å². The summed E-state index contributed by atoms with van der Waals surface area (Å²) < 4.78 is 7.69. The molecule has 31 heavy (non-hydrogen) atoms. The van der Waals surface area contributed by atoms with E-state index >= 15 is 0 Å². The number of hydrogen-bond acceptors (Lipinski definition) is 5. The van der Waals surface area contributed by atoms with Gasteiger partial charge in [0, 0.05) is 11.6 Å². The van der Waals surface area contributed by atoms with Gasteiger partial charge in [-0.15, -0.1) is 11.3 Å². The molecule has 0 saturated heterocycles. The molecule has 3 aromatic rings. The van der Waals surface area contributed by atoms with Crippen LogP contribution in [0.1, 0.15) is 19.4 Å². The van der Waals surface area contributed by atoms with E-state index in [2.05, 4.69) is 5.32 Å². The lowest BCUT2D eigenvalue weighted by atomic mass is 10.2. The Morgan fingerprint density at radius 2 is 1.94 bits per heavy atom. The summed E-state index contributed by atoms with van der Waals surface area (Å²) in [5, 5.41) is 13.0. The molecule has 6 nitrogen and oxygen atoms in total. The lowest BCUT2D eigenvalue weighted by Crippen LogP contribution is -2.33. The predicted molar refractivity (Wildman–Crippen MR) is 124 cm³/mol. The molecule has 1 heterocycles. The first-order valence-corrected chi connectivity index (χ1v) is 10.8. The van der Waals surface area contributed by atoms with Crippen LogP contribution in [0.3, 0.4) is 0 Å². The van der Waals surface area contributed by atoms with Crippen molar-refractivity contribution in [3.8, 4) is 11.8 Å². The van der Waals surface area contributed by atoms with Gasteiger partial charge in [-0.05, 0) is 49.8 Å². The number of thiazole rings is 1. The van der Waals surface area contributed by atoms with Crippen molar-refractivity contribution >= 4 is 46.2 Å². The number of ether oxygens (including phenoxy) is 1. The average Bonchev–Trinajstić information content (AvgIpc) is 3.06. The largest absolute Gasteiger partial charge is 0.492 e. The Morgan fingerprint density at radius 3 is 2.58 bits per heavy atom. The van der Waals surface area contributed by atoms with Crippen LogP contribution in [-0.4, -0.2) is 17.1 Å². The zero-order valence-electron chi connectivity index (χ0n) is 17.0. The average molecular weight is 454 g/mol. The van der Waals surface area contributed by atoms with E-state index in [0.29, 0.717) is 38.8 Å². The van der Waals surface area contributed by atoms with Crippen molar-refractivity contribution in [3.63, 3.8) is 0 Å². The van der Waals surface area contributed by atoms with E-state index in [-0.39, 0.29) is 11.1 Å². The Balaban J connectivity index is 2.11. The Hall–Kier alpha value is -3.34. The van der Waals surface area contributed by atoms with Crippen molar-refractivity contribution in [3.05, 3.63) is 78.7 Å². The first kappa shape index (κ1) is 22.3. The van der Waals surface area contributed by atoms with Gasteiger partial charge in [-0.2, -0.15) is 5.26 Å². The molecule has 3 rings (SSSR count). The molecule has 8 heteroatoms. The van der Waals surface area contributed by atoms with E-state index in [0.717, 1.165) is 16.9 Å². The molecule has 0 unspecified atom stereocenters. The van der Waals surface area contributed by atoms with Gasteiger partial charge in [-0.25, -0.2) is 0 Å². The lowest BCUT2D eigenvalue weighted by molar-refractivity contribution is -0.111. The van der Waals surface area contributed by atoms with Gasteiger partial charge in [0.2, 0.25) is 0 Å². The SMILES string of the molecule is CCOc1ccccc1NC(=O)/C(C#N)=c1\s/c(=C\c2ccc(Cl)cc2)c(=O)n1CC. The highest BCUT2D eigenvalue weighted by molar-refractivity contribution is 7.07. The maximum atomic E-state index is 12.9. The highest BCUT2D eigenvalue weighted by Crippen LogP contribution is 2.24. The third-order valence-electron chi connectivity index (χ3n) is 4.38. The molecular weight excluding hydrogens is 434 g/mol. The fraction of sp³-hybridized carbons (Fsp3) is 0.174. The van der Waals surface area contributed by atoms with Crippen LogP contribution in [0.2, 0.25) is 5.02 Å². The van der Waals surface area contributed by atoms with Gasteiger partial charge >= 0.3 is 0 Å². The Bertz CT molecular complexity index is 1320. The summed E-state index contributed by atoms with van der Waals surface area (Å²) in [4.78, 5) is 25.8. The van der Waals surface area contributed by atoms with E-state index in [4.69, 9.17) is 16.3 Å². The molecule has 1 amide bonds. The van der Waals surface area contributed by atoms with Gasteiger partial charge in [0.05, 0.1) is 16.8 Å². The molecule has 1 aromatic heterocycles. The third-order valence-corrected chi connectivity index (χ3v) is 5.76. The zero-order chi connectivity index (χ0) is 22.4. The van der Waals surface area contributed by atoms with Gasteiger partial charge in [0.25, 0.3) is 11.5 Å². The van der Waals surface area contributed by atoms with Crippen LogP contribution in [0, 0.1) is 11.3 Å². The summed E-state index contributed by atoms with van der Waals surface area (Å²) in [5.41, 5.74) is 0.863. The molecule has 0 radical (unpaired) electrons. The van der Waals surface area contributed by atoms with Crippen molar-refractivity contribution in [2.75, 3.05) is 11.9 Å². The zero-order valence-corrected chi connectivity index (χ0v) is 18.6. The number of amides is 1. The standard InChI is InChI=1S/C23H20ClN3O3S/c1-3-27-22(29)20(13-15-9-11-16(24)12-10-15)31-23(27)17(14-25)21(28)26-18-7-5-6-8-19(18)30-4-2/h5-13H,3-4H2,1-2H3,(H,26,28)/b20-13-,23-17-. The molecule has 158 valence electrons. The van der Waals surface area contributed by atoms with Crippen molar-refractivity contribution in [2.24, 2.45) is 0 Å². The summed E-state index contributed by atoms with van der Waals surface area (Å²) in [6.07, 6.45) is 1.72. The first-order chi connectivity index (χ1) is 15.0. The van der Waals surface area contributed by atoms with Crippen LogP contribution >= 0.6 is 22.9 Å². The number of halogens is 1. The molecule has 0 aliphatic carbocycles. The fourth-order valence-electron chi connectivity index (χ4n) is 2.93. The second kappa shape index (κ2) is 10.1. The van der Waals surface area contributed by atoms with Crippen molar-refractivity contribution in [1.82, 2.24) is 4.57 Å². The minimum atomic E-state index is -0.601. The molecule has 0 aliphatic rings. The molecule has 0 fully saturated rings. The predicted octanol–water partition coefficient (Wildman–Crippen LogP) is 3.12. The minimum absolute atomic E-state index is 0.133. The number of para-hydroxylation sites is 2. The molecule has 0 saturated carbocycles. The number of carbonyl (C=O) groups is 1. The molecular formula is C23H20ClN3O3S. The monoisotopic (exact) mass is 453 g/mol. The van der Waals surface area contributed by atoms with Crippen LogP contribution in [0.25, 0.3) is 11.6 Å². The number of aromatic nitrogens is 1. The molecule has 0 atom stereocenters. The van der Waals surface area contributed by atoms with Crippen molar-refractivity contribution in [1.29, 1.82) is 5.26 Å². The minimum Gasteiger partial charge on any atom is -0.492 e. The van der Waals surface area contributed by atoms with Crippen LogP contribution < -0.4 is 24.8 Å². The second-order valence-corrected chi connectivity index (χ2v) is 7.85. The first-order valence-electron chi connectivity index (χ1n) is 9.63. The van der Waals surface area contributed by atoms with Gasteiger partial charge in [0.1, 0.15) is 16.5 Å². The summed E-state index contributed by atoms with van der Waals surface area (Å²) in [5.74, 6) is -0.0948. The maximum Gasteiger partial charge on any atom is 0.269 e. The number of rotatable bonds is 6. The van der Waals surface area contributed by atoms with Crippen molar-refractivity contribution in [2.45, 2.75) is 20.4 Å². The number of benzene rings is 2.